The van der Waals surface area contributed by atoms with E-state index in [2.05, 4.69) is 4.90 Å². The molecule has 1 heterocycles. The van der Waals surface area contributed by atoms with Crippen molar-refractivity contribution >= 4 is 9.84 Å². The van der Waals surface area contributed by atoms with E-state index >= 15 is 0 Å². The first-order valence-electron chi connectivity index (χ1n) is 7.77. The van der Waals surface area contributed by atoms with E-state index in [1.807, 2.05) is 18.2 Å². The van der Waals surface area contributed by atoms with Crippen LogP contribution in [0.1, 0.15) is 17.5 Å². The second-order valence-electron chi connectivity index (χ2n) is 6.09. The molecule has 0 amide bonds. The summed E-state index contributed by atoms with van der Waals surface area (Å²) in [7, 11) is -3.48. The van der Waals surface area contributed by atoms with Gasteiger partial charge in [-0.3, -0.25) is 4.90 Å². The summed E-state index contributed by atoms with van der Waals surface area (Å²) in [5.74, 6) is 0. The second-order valence-corrected chi connectivity index (χ2v) is 8.01. The van der Waals surface area contributed by atoms with Gasteiger partial charge in [-0.15, -0.1) is 0 Å². The van der Waals surface area contributed by atoms with Gasteiger partial charge < -0.3 is 5.11 Å². The molecule has 23 heavy (non-hydrogen) atoms. The Hall–Kier alpha value is -1.69. The molecule has 0 aromatic heterocycles. The Morgan fingerprint density at radius 1 is 1.13 bits per heavy atom. The van der Waals surface area contributed by atoms with Crippen molar-refractivity contribution in [2.24, 2.45) is 0 Å². The van der Waals surface area contributed by atoms with Gasteiger partial charge in [0.15, 0.2) is 0 Å². The zero-order valence-electron chi connectivity index (χ0n) is 13.1. The van der Waals surface area contributed by atoms with Crippen molar-refractivity contribution in [1.29, 1.82) is 0 Å². The molecule has 2 aromatic rings. The van der Waals surface area contributed by atoms with Crippen LogP contribution in [0.3, 0.4) is 0 Å². The van der Waals surface area contributed by atoms with Crippen molar-refractivity contribution in [2.75, 3.05) is 13.1 Å². The van der Waals surface area contributed by atoms with Crippen LogP contribution in [0.4, 0.5) is 0 Å². The molecule has 0 saturated carbocycles. The number of β-amino-alcohol motifs (C(OH)–C–C–N with tert-alkyl or cyclic N) is 1. The van der Waals surface area contributed by atoms with Gasteiger partial charge in [-0.25, -0.2) is 8.42 Å². The van der Waals surface area contributed by atoms with Crippen LogP contribution in [0.5, 0.6) is 0 Å². The number of hydrogen-bond acceptors (Lipinski definition) is 4. The number of aryl methyl sites for hydroxylation is 1. The number of aliphatic hydroxyl groups excluding tert-OH is 1. The summed E-state index contributed by atoms with van der Waals surface area (Å²) in [5, 5.41) is 9.56. The molecule has 1 saturated heterocycles. The first-order valence-corrected chi connectivity index (χ1v) is 9.25. The first-order chi connectivity index (χ1) is 11.0. The van der Waals surface area contributed by atoms with Crippen molar-refractivity contribution < 1.29 is 13.5 Å². The van der Waals surface area contributed by atoms with E-state index in [0.717, 1.165) is 30.6 Å². The quantitative estimate of drug-likeness (QED) is 0.935. The number of sulfone groups is 1. The van der Waals surface area contributed by atoms with Crippen LogP contribution in [0, 0.1) is 6.92 Å². The van der Waals surface area contributed by atoms with Crippen molar-refractivity contribution in [2.45, 2.75) is 35.8 Å². The van der Waals surface area contributed by atoms with Crippen LogP contribution in [-0.2, 0) is 16.4 Å². The minimum atomic E-state index is -3.48. The average molecular weight is 331 g/mol. The summed E-state index contributed by atoms with van der Waals surface area (Å²) < 4.78 is 25.4. The molecule has 1 N–H and O–H groups in total. The Balaban J connectivity index is 1.80. The molecular formula is C18H21NO3S. The molecular weight excluding hydrogens is 310 g/mol. The molecule has 5 heteroatoms. The average Bonchev–Trinajstić information content (AvgIpc) is 2.93. The molecule has 0 radical (unpaired) electrons. The first kappa shape index (κ1) is 16.2. The third-order valence-electron chi connectivity index (χ3n) is 4.27. The molecule has 0 unspecified atom stereocenters. The summed E-state index contributed by atoms with van der Waals surface area (Å²) >= 11 is 0. The van der Waals surface area contributed by atoms with Gasteiger partial charge >= 0.3 is 0 Å². The Kier molecular flexibility index (Phi) is 4.53. The summed E-state index contributed by atoms with van der Waals surface area (Å²) in [6.07, 6.45) is 0.565. The van der Waals surface area contributed by atoms with E-state index in [1.165, 1.54) is 0 Å². The maximum Gasteiger partial charge on any atom is 0.206 e. The third-order valence-corrected chi connectivity index (χ3v) is 6.20. The summed E-state index contributed by atoms with van der Waals surface area (Å²) in [6.45, 7) is 4.11. The van der Waals surface area contributed by atoms with Crippen LogP contribution >= 0.6 is 0 Å². The Morgan fingerprint density at radius 2 is 1.83 bits per heavy atom. The number of aliphatic hydroxyl groups is 1. The minimum absolute atomic E-state index is 0.240. The molecule has 1 aliphatic heterocycles. The molecule has 122 valence electrons. The largest absolute Gasteiger partial charge is 0.392 e. The van der Waals surface area contributed by atoms with Gasteiger partial charge in [0.2, 0.25) is 9.84 Å². The highest BCUT2D eigenvalue weighted by Gasteiger charge is 2.21. The van der Waals surface area contributed by atoms with E-state index in [9.17, 15) is 13.5 Å². The summed E-state index contributed by atoms with van der Waals surface area (Å²) in [4.78, 5) is 2.85. The number of benzene rings is 2. The standard InChI is InChI=1S/C18H21NO3S/c1-14-4-2-3-5-18(14)23(21,22)17-8-6-15(7-9-17)12-19-11-10-16(20)13-19/h2-9,16,20H,10-13H2,1H3/t16-/m0/s1. The minimum Gasteiger partial charge on any atom is -0.392 e. The molecule has 0 aliphatic carbocycles. The van der Waals surface area contributed by atoms with E-state index in [-0.39, 0.29) is 6.10 Å². The molecule has 0 spiro atoms. The van der Waals surface area contributed by atoms with Gasteiger partial charge in [0.1, 0.15) is 0 Å². The van der Waals surface area contributed by atoms with Crippen LogP contribution in [-0.4, -0.2) is 37.6 Å². The highest BCUT2D eigenvalue weighted by Crippen LogP contribution is 2.24. The lowest BCUT2D eigenvalue weighted by Gasteiger charge is -2.15. The summed E-state index contributed by atoms with van der Waals surface area (Å²) in [5.41, 5.74) is 1.81. The molecule has 2 aromatic carbocycles. The molecule has 1 atom stereocenters. The van der Waals surface area contributed by atoms with E-state index in [0.29, 0.717) is 16.3 Å². The van der Waals surface area contributed by atoms with Crippen LogP contribution in [0.25, 0.3) is 0 Å². The highest BCUT2D eigenvalue weighted by molar-refractivity contribution is 7.91. The number of nitrogens with zero attached hydrogens (tertiary/aromatic N) is 1. The fraction of sp³-hybridized carbons (Fsp3) is 0.333. The van der Waals surface area contributed by atoms with Gasteiger partial charge in [0.25, 0.3) is 0 Å². The summed E-state index contributed by atoms with van der Waals surface area (Å²) in [6, 6.07) is 14.1. The predicted molar refractivity (Wildman–Crippen MR) is 89.0 cm³/mol. The molecule has 1 fully saturated rings. The molecule has 0 bridgehead atoms. The van der Waals surface area contributed by atoms with Gasteiger partial charge in [0, 0.05) is 19.6 Å². The van der Waals surface area contributed by atoms with Crippen LogP contribution < -0.4 is 0 Å². The zero-order chi connectivity index (χ0) is 16.4. The smallest absolute Gasteiger partial charge is 0.206 e. The number of rotatable bonds is 4. The van der Waals surface area contributed by atoms with Gasteiger partial charge in [-0.2, -0.15) is 0 Å². The SMILES string of the molecule is Cc1ccccc1S(=O)(=O)c1ccc(CN2CC[C@H](O)C2)cc1. The highest BCUT2D eigenvalue weighted by atomic mass is 32.2. The fourth-order valence-corrected chi connectivity index (χ4v) is 4.47. The van der Waals surface area contributed by atoms with Gasteiger partial charge in [-0.1, -0.05) is 30.3 Å². The number of hydrogen-bond donors (Lipinski definition) is 1. The second kappa shape index (κ2) is 6.43. The topological polar surface area (TPSA) is 57.6 Å². The van der Waals surface area contributed by atoms with Crippen molar-refractivity contribution in [3.8, 4) is 0 Å². The van der Waals surface area contributed by atoms with E-state index in [4.69, 9.17) is 0 Å². The van der Waals surface area contributed by atoms with Crippen molar-refractivity contribution in [1.82, 2.24) is 4.90 Å². The maximum atomic E-state index is 12.7. The Bertz CT molecular complexity index is 784. The lowest BCUT2D eigenvalue weighted by Crippen LogP contribution is -2.21. The monoisotopic (exact) mass is 331 g/mol. The zero-order valence-corrected chi connectivity index (χ0v) is 14.0. The fourth-order valence-electron chi connectivity index (χ4n) is 2.97. The van der Waals surface area contributed by atoms with E-state index < -0.39 is 9.84 Å². The van der Waals surface area contributed by atoms with Crippen LogP contribution in [0.15, 0.2) is 58.3 Å². The van der Waals surface area contributed by atoms with Crippen molar-refractivity contribution in [3.63, 3.8) is 0 Å². The Morgan fingerprint density at radius 3 is 2.43 bits per heavy atom. The normalized spacial score (nSPS) is 19.1. The molecule has 3 rings (SSSR count). The third kappa shape index (κ3) is 3.47. The Labute approximate surface area is 137 Å². The van der Waals surface area contributed by atoms with Gasteiger partial charge in [0.05, 0.1) is 15.9 Å². The molecule has 4 nitrogen and oxygen atoms in total. The number of likely N-dealkylation sites (tertiary alicyclic amines) is 1. The molecule has 1 aliphatic rings. The maximum absolute atomic E-state index is 12.7. The van der Waals surface area contributed by atoms with E-state index in [1.54, 1.807) is 37.3 Å². The van der Waals surface area contributed by atoms with Crippen molar-refractivity contribution in [3.05, 3.63) is 59.7 Å². The van der Waals surface area contributed by atoms with Gasteiger partial charge in [-0.05, 0) is 42.7 Å². The van der Waals surface area contributed by atoms with Crippen LogP contribution in [0.2, 0.25) is 0 Å². The predicted octanol–water partition coefficient (Wildman–Crippen LogP) is 2.39. The lowest BCUT2D eigenvalue weighted by atomic mass is 10.2. The lowest BCUT2D eigenvalue weighted by molar-refractivity contribution is 0.175.